The first-order chi connectivity index (χ1) is 12.6. The molecular weight excluding hydrogens is 379 g/mol. The highest BCUT2D eigenvalue weighted by molar-refractivity contribution is 6.45. The van der Waals surface area contributed by atoms with Gasteiger partial charge in [0.15, 0.2) is 17.6 Å². The summed E-state index contributed by atoms with van der Waals surface area (Å²) < 4.78 is 7.36. The summed E-state index contributed by atoms with van der Waals surface area (Å²) in [5.41, 5.74) is 1.11. The number of nitrogens with zero attached hydrogens (tertiary/aromatic N) is 4. The predicted molar refractivity (Wildman–Crippen MR) is 96.3 cm³/mol. The number of aliphatic hydroxyl groups excluding tert-OH is 1. The van der Waals surface area contributed by atoms with Crippen LogP contribution in [0.1, 0.15) is 6.42 Å². The van der Waals surface area contributed by atoms with Crippen LogP contribution in [0.15, 0.2) is 30.9 Å². The van der Waals surface area contributed by atoms with Gasteiger partial charge in [-0.15, -0.1) is 0 Å². The molecule has 2 aliphatic rings. The third kappa shape index (κ3) is 2.08. The van der Waals surface area contributed by atoms with E-state index in [2.05, 4.69) is 9.97 Å². The van der Waals surface area contributed by atoms with Crippen LogP contribution in [-0.4, -0.2) is 44.3 Å². The highest BCUT2D eigenvalue weighted by Gasteiger charge is 2.46. The lowest BCUT2D eigenvalue weighted by Crippen LogP contribution is -2.48. The van der Waals surface area contributed by atoms with Gasteiger partial charge in [-0.25, -0.2) is 14.8 Å². The van der Waals surface area contributed by atoms with Crippen molar-refractivity contribution in [3.63, 3.8) is 0 Å². The lowest BCUT2D eigenvalue weighted by molar-refractivity contribution is -0.138. The maximum absolute atomic E-state index is 12.5. The summed E-state index contributed by atoms with van der Waals surface area (Å²) in [6, 6.07) is 2.69. The number of carbonyl (C=O) groups excluding carboxylic acids is 1. The van der Waals surface area contributed by atoms with E-state index in [-0.39, 0.29) is 0 Å². The summed E-state index contributed by atoms with van der Waals surface area (Å²) in [6.45, 7) is 0.494. The molecule has 0 saturated carbocycles. The molecule has 5 rings (SSSR count). The molecule has 1 aromatic carbocycles. The lowest BCUT2D eigenvalue weighted by Gasteiger charge is -2.33. The van der Waals surface area contributed by atoms with Crippen LogP contribution in [0.5, 0.6) is 5.75 Å². The number of esters is 1. The molecule has 4 heterocycles. The van der Waals surface area contributed by atoms with Gasteiger partial charge in [0.2, 0.25) is 0 Å². The maximum Gasteiger partial charge on any atom is 0.337 e. The number of hydrogen-bond donors (Lipinski definition) is 1. The summed E-state index contributed by atoms with van der Waals surface area (Å²) in [4.78, 5) is 23.0. The zero-order valence-electron chi connectivity index (χ0n) is 13.3. The van der Waals surface area contributed by atoms with Crippen LogP contribution in [0, 0.1) is 0 Å². The number of pyridine rings is 1. The van der Waals surface area contributed by atoms with E-state index in [1.54, 1.807) is 40.3 Å². The molecule has 3 aromatic rings. The van der Waals surface area contributed by atoms with E-state index < -0.39 is 18.1 Å². The smallest absolute Gasteiger partial charge is 0.337 e. The molecule has 0 spiro atoms. The summed E-state index contributed by atoms with van der Waals surface area (Å²) in [7, 11) is 0. The monoisotopic (exact) mass is 390 g/mol. The second-order valence-electron chi connectivity index (χ2n) is 6.26. The number of hydrogen-bond acceptors (Lipinski definition) is 6. The first kappa shape index (κ1) is 15.9. The van der Waals surface area contributed by atoms with E-state index in [1.165, 1.54) is 0 Å². The molecule has 0 aliphatic carbocycles. The molecule has 7 nitrogen and oxygen atoms in total. The SMILES string of the molecule is O=C1Oc2c(nc3c(Cl)c(Cl)ccc3c2-n2ccnc2)N2CC[C@@H](O)[C@H]12. The molecule has 0 unspecified atom stereocenters. The Hall–Kier alpha value is -2.35. The van der Waals surface area contributed by atoms with E-state index in [9.17, 15) is 9.90 Å². The van der Waals surface area contributed by atoms with E-state index in [1.807, 2.05) is 0 Å². The highest BCUT2D eigenvalue weighted by Crippen LogP contribution is 2.46. The van der Waals surface area contributed by atoms with Crippen molar-refractivity contribution in [3.05, 3.63) is 40.9 Å². The van der Waals surface area contributed by atoms with Gasteiger partial charge in [0, 0.05) is 24.3 Å². The molecule has 0 bridgehead atoms. The van der Waals surface area contributed by atoms with Gasteiger partial charge in [-0.05, 0) is 18.6 Å². The Kier molecular flexibility index (Phi) is 3.40. The number of ether oxygens (including phenoxy) is 1. The second-order valence-corrected chi connectivity index (χ2v) is 7.04. The lowest BCUT2D eigenvalue weighted by atomic mass is 10.1. The topological polar surface area (TPSA) is 80.5 Å². The minimum Gasteiger partial charge on any atom is -0.419 e. The van der Waals surface area contributed by atoms with Crippen molar-refractivity contribution in [1.82, 2.24) is 14.5 Å². The van der Waals surface area contributed by atoms with Crippen LogP contribution in [0.4, 0.5) is 5.82 Å². The fourth-order valence-electron chi connectivity index (χ4n) is 3.62. The zero-order valence-corrected chi connectivity index (χ0v) is 14.8. The third-order valence-electron chi connectivity index (χ3n) is 4.80. The van der Waals surface area contributed by atoms with Gasteiger partial charge in [-0.2, -0.15) is 0 Å². The molecule has 2 aliphatic heterocycles. The van der Waals surface area contributed by atoms with Gasteiger partial charge >= 0.3 is 5.97 Å². The van der Waals surface area contributed by atoms with Gasteiger partial charge in [0.25, 0.3) is 0 Å². The minimum absolute atomic E-state index is 0.321. The number of fused-ring (bicyclic) bond motifs is 4. The number of halogens is 2. The van der Waals surface area contributed by atoms with Gasteiger partial charge in [0.1, 0.15) is 5.69 Å². The Morgan fingerprint density at radius 3 is 2.92 bits per heavy atom. The van der Waals surface area contributed by atoms with Crippen molar-refractivity contribution in [2.75, 3.05) is 11.4 Å². The highest BCUT2D eigenvalue weighted by atomic mass is 35.5. The fourth-order valence-corrected chi connectivity index (χ4v) is 3.98. The quantitative estimate of drug-likeness (QED) is 0.643. The van der Waals surface area contributed by atoms with E-state index in [0.717, 1.165) is 0 Å². The van der Waals surface area contributed by atoms with Crippen molar-refractivity contribution in [2.45, 2.75) is 18.6 Å². The summed E-state index contributed by atoms with van der Waals surface area (Å²) >= 11 is 12.6. The number of aliphatic hydroxyl groups is 1. The maximum atomic E-state index is 12.5. The van der Waals surface area contributed by atoms with Crippen LogP contribution in [0.2, 0.25) is 10.0 Å². The normalized spacial score (nSPS) is 21.7. The second kappa shape index (κ2) is 5.57. The van der Waals surface area contributed by atoms with Crippen LogP contribution < -0.4 is 9.64 Å². The Bertz CT molecular complexity index is 1050. The van der Waals surface area contributed by atoms with Gasteiger partial charge in [-0.3, -0.25) is 0 Å². The molecule has 1 fully saturated rings. The average molecular weight is 391 g/mol. The Morgan fingerprint density at radius 1 is 1.31 bits per heavy atom. The Labute approximate surface area is 157 Å². The molecule has 1 saturated heterocycles. The largest absolute Gasteiger partial charge is 0.419 e. The molecule has 2 atom stereocenters. The third-order valence-corrected chi connectivity index (χ3v) is 5.60. The van der Waals surface area contributed by atoms with E-state index >= 15 is 0 Å². The Balaban J connectivity index is 1.89. The van der Waals surface area contributed by atoms with Crippen LogP contribution in [0.3, 0.4) is 0 Å². The number of carbonyl (C=O) groups is 1. The number of anilines is 1. The predicted octanol–water partition coefficient (Wildman–Crippen LogP) is 2.59. The first-order valence-corrected chi connectivity index (χ1v) is 8.78. The van der Waals surface area contributed by atoms with Gasteiger partial charge in [-0.1, -0.05) is 23.2 Å². The average Bonchev–Trinajstić information content (AvgIpc) is 3.27. The molecule has 0 radical (unpaired) electrons. The van der Waals surface area contributed by atoms with Crippen molar-refractivity contribution in [3.8, 4) is 11.4 Å². The van der Waals surface area contributed by atoms with E-state index in [4.69, 9.17) is 27.9 Å². The van der Waals surface area contributed by atoms with E-state index in [0.29, 0.717) is 51.2 Å². The van der Waals surface area contributed by atoms with Crippen LogP contribution >= 0.6 is 23.2 Å². The number of aromatic nitrogens is 3. The first-order valence-electron chi connectivity index (χ1n) is 8.02. The van der Waals surface area contributed by atoms with Gasteiger partial charge < -0.3 is 19.3 Å². The summed E-state index contributed by atoms with van der Waals surface area (Å²) in [5, 5.41) is 11.5. The molecule has 26 heavy (non-hydrogen) atoms. The fraction of sp³-hybridized carbons (Fsp3) is 0.235. The summed E-state index contributed by atoms with van der Waals surface area (Å²) in [6.07, 6.45) is 4.65. The zero-order chi connectivity index (χ0) is 18.0. The van der Waals surface area contributed by atoms with Crippen molar-refractivity contribution in [2.24, 2.45) is 0 Å². The Morgan fingerprint density at radius 2 is 2.15 bits per heavy atom. The number of benzene rings is 1. The van der Waals surface area contributed by atoms with Crippen molar-refractivity contribution >= 4 is 45.9 Å². The van der Waals surface area contributed by atoms with Crippen LogP contribution in [-0.2, 0) is 4.79 Å². The minimum atomic E-state index is -0.792. The van der Waals surface area contributed by atoms with Crippen molar-refractivity contribution < 1.29 is 14.6 Å². The molecule has 132 valence electrons. The van der Waals surface area contributed by atoms with Gasteiger partial charge in [0.05, 0.1) is 28.0 Å². The standard InChI is InChI=1S/C17H12Cl2N4O3/c18-9-2-1-8-12(11(9)19)21-16-15(13(8)22-6-4-20-7-22)26-17(25)14-10(24)3-5-23(14)16/h1-2,4,6-7,10,14,24H,3,5H2/t10-,14-/m1/s1. The molecule has 9 heteroatoms. The molecule has 2 aromatic heterocycles. The number of rotatable bonds is 1. The molecular formula is C17H12Cl2N4O3. The number of imidazole rings is 1. The van der Waals surface area contributed by atoms with Crippen molar-refractivity contribution in [1.29, 1.82) is 0 Å². The van der Waals surface area contributed by atoms with Crippen LogP contribution in [0.25, 0.3) is 16.6 Å². The summed E-state index contributed by atoms with van der Waals surface area (Å²) in [5.74, 6) is 0.292. The molecule has 0 amide bonds. The molecule has 1 N–H and O–H groups in total.